The summed E-state index contributed by atoms with van der Waals surface area (Å²) in [6.07, 6.45) is 1.94. The van der Waals surface area contributed by atoms with E-state index in [-0.39, 0.29) is 12.0 Å². The van der Waals surface area contributed by atoms with Gasteiger partial charge in [-0.2, -0.15) is 5.10 Å². The number of carbonyl (C=O) groups excluding carboxylic acids is 1. The smallest absolute Gasteiger partial charge is 0.275 e. The Labute approximate surface area is 159 Å². The van der Waals surface area contributed by atoms with Gasteiger partial charge in [0.2, 0.25) is 5.13 Å². The predicted octanol–water partition coefficient (Wildman–Crippen LogP) is 3.70. The highest BCUT2D eigenvalue weighted by molar-refractivity contribution is 7.15. The number of hydrogen-bond acceptors (Lipinski definition) is 6. The van der Waals surface area contributed by atoms with Gasteiger partial charge in [-0.25, -0.2) is 0 Å². The molecule has 1 aliphatic heterocycles. The van der Waals surface area contributed by atoms with Gasteiger partial charge in [0.05, 0.1) is 10.7 Å². The van der Waals surface area contributed by atoms with Gasteiger partial charge >= 0.3 is 0 Å². The van der Waals surface area contributed by atoms with Gasteiger partial charge in [0.25, 0.3) is 5.91 Å². The first kappa shape index (κ1) is 17.1. The lowest BCUT2D eigenvalue weighted by molar-refractivity contribution is 0.101. The molecular formula is C17H16ClN5O2S. The molecule has 0 bridgehead atoms. The molecular weight excluding hydrogens is 374 g/mol. The number of aromatic nitrogens is 4. The summed E-state index contributed by atoms with van der Waals surface area (Å²) in [5.74, 6) is -0.298. The maximum absolute atomic E-state index is 12.6. The van der Waals surface area contributed by atoms with E-state index in [1.165, 1.54) is 16.0 Å². The number of benzene rings is 1. The van der Waals surface area contributed by atoms with Crippen LogP contribution < -0.4 is 5.32 Å². The number of anilines is 1. The third kappa shape index (κ3) is 3.35. The minimum Gasteiger partial charge on any atom is -0.371 e. The first-order valence-electron chi connectivity index (χ1n) is 8.17. The fourth-order valence-electron chi connectivity index (χ4n) is 2.83. The molecule has 1 aromatic carbocycles. The van der Waals surface area contributed by atoms with Crippen LogP contribution in [0.2, 0.25) is 5.02 Å². The lowest BCUT2D eigenvalue weighted by Crippen LogP contribution is -2.15. The average molecular weight is 390 g/mol. The van der Waals surface area contributed by atoms with Crippen molar-refractivity contribution in [3.63, 3.8) is 0 Å². The van der Waals surface area contributed by atoms with Gasteiger partial charge in [0.1, 0.15) is 16.8 Å². The molecule has 3 aromatic rings. The van der Waals surface area contributed by atoms with Crippen LogP contribution in [0, 0.1) is 0 Å². The Morgan fingerprint density at radius 1 is 1.38 bits per heavy atom. The van der Waals surface area contributed by atoms with Gasteiger partial charge in [-0.3, -0.25) is 14.8 Å². The van der Waals surface area contributed by atoms with Gasteiger partial charge in [0, 0.05) is 19.2 Å². The quantitative estimate of drug-likeness (QED) is 0.735. The fraction of sp³-hybridized carbons (Fsp3) is 0.294. The predicted molar refractivity (Wildman–Crippen MR) is 99.4 cm³/mol. The zero-order valence-corrected chi connectivity index (χ0v) is 15.5. The summed E-state index contributed by atoms with van der Waals surface area (Å²) in [5.41, 5.74) is 1.83. The maximum Gasteiger partial charge on any atom is 0.275 e. The maximum atomic E-state index is 12.6. The van der Waals surface area contributed by atoms with E-state index >= 15 is 0 Å². The number of nitrogens with one attached hydrogen (secondary N) is 1. The van der Waals surface area contributed by atoms with Crippen molar-refractivity contribution in [3.8, 4) is 11.3 Å². The molecule has 1 atom stereocenters. The van der Waals surface area contributed by atoms with Crippen LogP contribution in [0.3, 0.4) is 0 Å². The summed E-state index contributed by atoms with van der Waals surface area (Å²) < 4.78 is 7.12. The number of amides is 1. The first-order chi connectivity index (χ1) is 12.6. The fourth-order valence-corrected chi connectivity index (χ4v) is 3.88. The number of nitrogens with zero attached hydrogens (tertiary/aromatic N) is 4. The molecule has 7 nitrogen and oxygen atoms in total. The summed E-state index contributed by atoms with van der Waals surface area (Å²) in [7, 11) is 1.72. The van der Waals surface area contributed by atoms with Crippen molar-refractivity contribution < 1.29 is 9.53 Å². The number of hydrogen-bond donors (Lipinski definition) is 1. The topological polar surface area (TPSA) is 81.9 Å². The Morgan fingerprint density at radius 3 is 3.00 bits per heavy atom. The van der Waals surface area contributed by atoms with Crippen molar-refractivity contribution in [3.05, 3.63) is 46.1 Å². The van der Waals surface area contributed by atoms with Crippen molar-refractivity contribution in [2.24, 2.45) is 7.05 Å². The minimum atomic E-state index is -0.298. The summed E-state index contributed by atoms with van der Waals surface area (Å²) >= 11 is 7.55. The van der Waals surface area contributed by atoms with E-state index in [4.69, 9.17) is 16.3 Å². The van der Waals surface area contributed by atoms with Gasteiger partial charge in [-0.1, -0.05) is 41.1 Å². The normalized spacial score (nSPS) is 16.8. The molecule has 1 saturated heterocycles. The van der Waals surface area contributed by atoms with Crippen LogP contribution in [0.4, 0.5) is 5.13 Å². The van der Waals surface area contributed by atoms with Crippen LogP contribution >= 0.6 is 22.9 Å². The Bertz CT molecular complexity index is 948. The number of halogens is 1. The first-order valence-corrected chi connectivity index (χ1v) is 9.36. The molecule has 3 heterocycles. The van der Waals surface area contributed by atoms with Gasteiger partial charge in [-0.15, -0.1) is 10.2 Å². The molecule has 1 N–H and O–H groups in total. The molecule has 1 amide bonds. The average Bonchev–Trinajstić information content (AvgIpc) is 3.35. The summed E-state index contributed by atoms with van der Waals surface area (Å²) in [6.45, 7) is 0.742. The third-order valence-corrected chi connectivity index (χ3v) is 5.39. The van der Waals surface area contributed by atoms with Crippen molar-refractivity contribution in [1.82, 2.24) is 20.0 Å². The molecule has 0 saturated carbocycles. The summed E-state index contributed by atoms with van der Waals surface area (Å²) in [6, 6.07) is 9.09. The Hall–Kier alpha value is -2.29. The Kier molecular flexibility index (Phi) is 4.71. The minimum absolute atomic E-state index is 0.0123. The van der Waals surface area contributed by atoms with Crippen LogP contribution in [0.1, 0.15) is 34.4 Å². The SMILES string of the molecule is Cn1nc(-c2ccccc2Cl)cc1C(=O)Nc1nnc([C@@H]2CCCO2)s1. The van der Waals surface area contributed by atoms with E-state index < -0.39 is 0 Å². The van der Waals surface area contributed by atoms with E-state index in [1.807, 2.05) is 18.2 Å². The Balaban J connectivity index is 1.53. The van der Waals surface area contributed by atoms with Gasteiger partial charge in [-0.05, 0) is 25.0 Å². The molecule has 0 spiro atoms. The molecule has 134 valence electrons. The zero-order valence-electron chi connectivity index (χ0n) is 14.0. The molecule has 2 aromatic heterocycles. The standard InChI is InChI=1S/C17H16ClN5O2S/c1-23-13(9-12(22-23)10-5-2-3-6-11(10)18)15(24)19-17-21-20-16(26-17)14-7-4-8-25-14/h2-3,5-6,9,14H,4,7-8H2,1H3,(H,19,21,24)/t14-/m0/s1. The highest BCUT2D eigenvalue weighted by atomic mass is 35.5. The highest BCUT2D eigenvalue weighted by Gasteiger charge is 2.23. The molecule has 0 aliphatic carbocycles. The highest BCUT2D eigenvalue weighted by Crippen LogP contribution is 2.32. The number of ether oxygens (including phenoxy) is 1. The van der Waals surface area contributed by atoms with E-state index in [0.717, 1.165) is 30.0 Å². The van der Waals surface area contributed by atoms with Crippen molar-refractivity contribution >= 4 is 34.0 Å². The van der Waals surface area contributed by atoms with Crippen LogP contribution in [-0.4, -0.2) is 32.5 Å². The van der Waals surface area contributed by atoms with Crippen molar-refractivity contribution in [2.45, 2.75) is 18.9 Å². The number of aryl methyl sites for hydroxylation is 1. The van der Waals surface area contributed by atoms with Crippen LogP contribution in [0.15, 0.2) is 30.3 Å². The molecule has 9 heteroatoms. The monoisotopic (exact) mass is 389 g/mol. The summed E-state index contributed by atoms with van der Waals surface area (Å²) in [4.78, 5) is 12.6. The zero-order chi connectivity index (χ0) is 18.1. The second-order valence-corrected chi connectivity index (χ2v) is 7.34. The van der Waals surface area contributed by atoms with E-state index in [1.54, 1.807) is 19.2 Å². The lowest BCUT2D eigenvalue weighted by atomic mass is 10.1. The Morgan fingerprint density at radius 2 is 2.23 bits per heavy atom. The van der Waals surface area contributed by atoms with Crippen LogP contribution in [0.5, 0.6) is 0 Å². The number of carbonyl (C=O) groups is 1. The molecule has 1 fully saturated rings. The van der Waals surface area contributed by atoms with E-state index in [0.29, 0.717) is 21.5 Å². The van der Waals surface area contributed by atoms with Crippen molar-refractivity contribution in [2.75, 3.05) is 11.9 Å². The second-order valence-electron chi connectivity index (χ2n) is 5.92. The van der Waals surface area contributed by atoms with Crippen LogP contribution in [0.25, 0.3) is 11.3 Å². The summed E-state index contributed by atoms with van der Waals surface area (Å²) in [5, 5.41) is 17.2. The van der Waals surface area contributed by atoms with Crippen molar-refractivity contribution in [1.29, 1.82) is 0 Å². The molecule has 26 heavy (non-hydrogen) atoms. The van der Waals surface area contributed by atoms with Gasteiger partial charge in [0.15, 0.2) is 0 Å². The number of rotatable bonds is 4. The van der Waals surface area contributed by atoms with E-state index in [2.05, 4.69) is 20.6 Å². The molecule has 0 radical (unpaired) electrons. The van der Waals surface area contributed by atoms with Gasteiger partial charge < -0.3 is 4.74 Å². The van der Waals surface area contributed by atoms with E-state index in [9.17, 15) is 4.79 Å². The van der Waals surface area contributed by atoms with Crippen LogP contribution in [-0.2, 0) is 11.8 Å². The molecule has 0 unspecified atom stereocenters. The largest absolute Gasteiger partial charge is 0.371 e. The molecule has 4 rings (SSSR count). The lowest BCUT2D eigenvalue weighted by Gasteiger charge is -2.02. The third-order valence-electron chi connectivity index (χ3n) is 4.13. The second kappa shape index (κ2) is 7.14. The molecule has 1 aliphatic rings.